The van der Waals surface area contributed by atoms with Gasteiger partial charge < -0.3 is 20.5 Å². The summed E-state index contributed by atoms with van der Waals surface area (Å²) < 4.78 is 10.5. The molecule has 0 radical (unpaired) electrons. The molecule has 1 aromatic heterocycles. The molecule has 0 bridgehead atoms. The van der Waals surface area contributed by atoms with Crippen LogP contribution in [0.4, 0.5) is 0 Å². The second-order valence-electron chi connectivity index (χ2n) is 6.77. The number of methoxy groups -OCH3 is 1. The molecule has 1 amide bonds. The lowest BCUT2D eigenvalue weighted by Gasteiger charge is -2.18. The van der Waals surface area contributed by atoms with Crippen LogP contribution in [0.25, 0.3) is 5.69 Å². The molecule has 1 heterocycles. The number of amides is 1. The number of halogens is 1. The monoisotopic (exact) mass is 409 g/mol. The van der Waals surface area contributed by atoms with E-state index in [0.717, 1.165) is 30.7 Å². The number of nitrogens with one attached hydrogen (secondary N) is 1. The summed E-state index contributed by atoms with van der Waals surface area (Å²) >= 11 is 0. The van der Waals surface area contributed by atoms with Gasteiger partial charge in [0, 0.05) is 13.2 Å². The van der Waals surface area contributed by atoms with Crippen LogP contribution in [0.2, 0.25) is 0 Å². The second kappa shape index (κ2) is 10.4. The molecule has 0 spiro atoms. The number of nitrogens with two attached hydrogens (primary N) is 1. The van der Waals surface area contributed by atoms with Gasteiger partial charge in [0.2, 0.25) is 0 Å². The number of hydrogen-bond donors (Lipinski definition) is 2. The van der Waals surface area contributed by atoms with Crippen LogP contribution in [-0.4, -0.2) is 53.8 Å². The van der Waals surface area contributed by atoms with Crippen molar-refractivity contribution < 1.29 is 14.3 Å². The van der Waals surface area contributed by atoms with Crippen molar-refractivity contribution in [3.63, 3.8) is 0 Å². The van der Waals surface area contributed by atoms with E-state index in [-0.39, 0.29) is 24.4 Å². The Hall–Kier alpha value is -2.16. The predicted molar refractivity (Wildman–Crippen MR) is 108 cm³/mol. The van der Waals surface area contributed by atoms with Gasteiger partial charge in [0.1, 0.15) is 12.4 Å². The molecule has 3 N–H and O–H groups in total. The Morgan fingerprint density at radius 2 is 2.00 bits per heavy atom. The fourth-order valence-electron chi connectivity index (χ4n) is 3.37. The zero-order valence-corrected chi connectivity index (χ0v) is 17.1. The van der Waals surface area contributed by atoms with Gasteiger partial charge in [-0.3, -0.25) is 4.79 Å². The minimum Gasteiger partial charge on any atom is -0.491 e. The minimum atomic E-state index is -0.191. The van der Waals surface area contributed by atoms with Gasteiger partial charge in [0.15, 0.2) is 5.69 Å². The Balaban J connectivity index is 0.00000280. The Morgan fingerprint density at radius 3 is 2.68 bits per heavy atom. The molecule has 1 aromatic carbocycles. The molecule has 3 rings (SSSR count). The van der Waals surface area contributed by atoms with Crippen LogP contribution in [0.3, 0.4) is 0 Å². The highest BCUT2D eigenvalue weighted by Gasteiger charge is 2.29. The topological polar surface area (TPSA) is 104 Å². The van der Waals surface area contributed by atoms with Crippen molar-refractivity contribution in [3.8, 4) is 11.4 Å². The van der Waals surface area contributed by atoms with Crippen molar-refractivity contribution >= 4 is 18.3 Å². The molecule has 2 unspecified atom stereocenters. The van der Waals surface area contributed by atoms with E-state index in [1.54, 1.807) is 14.0 Å². The maximum atomic E-state index is 12.6. The molecule has 154 valence electrons. The van der Waals surface area contributed by atoms with Crippen LogP contribution >= 0.6 is 12.4 Å². The molecule has 8 nitrogen and oxygen atoms in total. The minimum absolute atomic E-state index is 0. The molecule has 0 aliphatic heterocycles. The molecule has 0 saturated heterocycles. The first-order chi connectivity index (χ1) is 13.1. The SMILES string of the molecule is COCCOc1ccc(-n2nc(C)c(C(=O)NC3CCCC3CN)n2)cc1.Cl. The van der Waals surface area contributed by atoms with E-state index in [0.29, 0.717) is 37.1 Å². The van der Waals surface area contributed by atoms with E-state index in [4.69, 9.17) is 15.2 Å². The quantitative estimate of drug-likeness (QED) is 0.645. The fraction of sp³-hybridized carbons (Fsp3) is 0.526. The second-order valence-corrected chi connectivity index (χ2v) is 6.77. The van der Waals surface area contributed by atoms with Crippen LogP contribution in [0.15, 0.2) is 24.3 Å². The third kappa shape index (κ3) is 5.21. The number of ether oxygens (including phenoxy) is 2. The lowest BCUT2D eigenvalue weighted by molar-refractivity contribution is 0.0922. The summed E-state index contributed by atoms with van der Waals surface area (Å²) in [5, 5.41) is 11.8. The normalized spacial score (nSPS) is 18.5. The lowest BCUT2D eigenvalue weighted by Crippen LogP contribution is -2.40. The number of hydrogen-bond acceptors (Lipinski definition) is 6. The van der Waals surface area contributed by atoms with E-state index < -0.39 is 0 Å². The largest absolute Gasteiger partial charge is 0.491 e. The number of aromatic nitrogens is 3. The van der Waals surface area contributed by atoms with Crippen LogP contribution in [0.1, 0.15) is 35.4 Å². The lowest BCUT2D eigenvalue weighted by atomic mass is 10.0. The van der Waals surface area contributed by atoms with Crippen molar-refractivity contribution in [2.75, 3.05) is 26.9 Å². The summed E-state index contributed by atoms with van der Waals surface area (Å²) in [4.78, 5) is 14.1. The zero-order chi connectivity index (χ0) is 19.2. The standard InChI is InChI=1S/C19H27N5O3.ClH/c1-13-18(19(25)21-17-5-3-4-14(17)12-20)23-24(22-13)15-6-8-16(9-7-15)27-11-10-26-2;/h6-9,14,17H,3-5,10-12,20H2,1-2H3,(H,21,25);1H. The molecule has 1 aliphatic rings. The van der Waals surface area contributed by atoms with Crippen molar-refractivity contribution in [2.24, 2.45) is 11.7 Å². The van der Waals surface area contributed by atoms with E-state index >= 15 is 0 Å². The summed E-state index contributed by atoms with van der Waals surface area (Å²) in [6.45, 7) is 3.40. The maximum Gasteiger partial charge on any atom is 0.273 e. The van der Waals surface area contributed by atoms with Gasteiger partial charge in [0.25, 0.3) is 5.91 Å². The summed E-state index contributed by atoms with van der Waals surface area (Å²) in [5.74, 6) is 0.894. The molecule has 2 aromatic rings. The average Bonchev–Trinajstić information content (AvgIpc) is 3.28. The van der Waals surface area contributed by atoms with E-state index in [9.17, 15) is 4.79 Å². The summed E-state index contributed by atoms with van der Waals surface area (Å²) in [6.07, 6.45) is 3.12. The van der Waals surface area contributed by atoms with Crippen molar-refractivity contribution in [1.29, 1.82) is 0 Å². The number of carbonyl (C=O) groups excluding carboxylic acids is 1. The molecule has 2 atom stereocenters. The first-order valence-electron chi connectivity index (χ1n) is 9.29. The molecule has 1 fully saturated rings. The first kappa shape index (κ1) is 22.1. The zero-order valence-electron chi connectivity index (χ0n) is 16.3. The smallest absolute Gasteiger partial charge is 0.273 e. The Morgan fingerprint density at radius 1 is 1.25 bits per heavy atom. The van der Waals surface area contributed by atoms with Crippen LogP contribution in [0, 0.1) is 12.8 Å². The number of nitrogens with zero attached hydrogens (tertiary/aromatic N) is 3. The number of benzene rings is 1. The molecular formula is C19H28ClN5O3. The fourth-order valence-corrected chi connectivity index (χ4v) is 3.37. The molecular weight excluding hydrogens is 382 g/mol. The third-order valence-electron chi connectivity index (χ3n) is 4.90. The van der Waals surface area contributed by atoms with Crippen LogP contribution < -0.4 is 15.8 Å². The van der Waals surface area contributed by atoms with Gasteiger partial charge in [-0.2, -0.15) is 9.90 Å². The molecule has 9 heteroatoms. The highest BCUT2D eigenvalue weighted by atomic mass is 35.5. The highest BCUT2D eigenvalue weighted by molar-refractivity contribution is 5.93. The summed E-state index contributed by atoms with van der Waals surface area (Å²) in [7, 11) is 1.63. The third-order valence-corrected chi connectivity index (χ3v) is 4.90. The van der Waals surface area contributed by atoms with Gasteiger partial charge in [-0.15, -0.1) is 17.5 Å². The number of rotatable bonds is 8. The number of aryl methyl sites for hydroxylation is 1. The van der Waals surface area contributed by atoms with Gasteiger partial charge in [-0.25, -0.2) is 0 Å². The molecule has 28 heavy (non-hydrogen) atoms. The summed E-state index contributed by atoms with van der Waals surface area (Å²) in [6, 6.07) is 7.51. The van der Waals surface area contributed by atoms with Crippen LogP contribution in [0.5, 0.6) is 5.75 Å². The van der Waals surface area contributed by atoms with Crippen molar-refractivity contribution in [3.05, 3.63) is 35.7 Å². The van der Waals surface area contributed by atoms with Gasteiger partial charge in [-0.1, -0.05) is 6.42 Å². The van der Waals surface area contributed by atoms with Crippen LogP contribution in [-0.2, 0) is 4.74 Å². The molecule has 1 aliphatic carbocycles. The molecule has 1 saturated carbocycles. The highest BCUT2D eigenvalue weighted by Crippen LogP contribution is 2.25. The maximum absolute atomic E-state index is 12.6. The first-order valence-corrected chi connectivity index (χ1v) is 9.29. The van der Waals surface area contributed by atoms with Gasteiger partial charge >= 0.3 is 0 Å². The predicted octanol–water partition coefficient (Wildman–Crippen LogP) is 1.88. The number of carbonyl (C=O) groups is 1. The van der Waals surface area contributed by atoms with E-state index in [2.05, 4.69) is 15.5 Å². The Labute approximate surface area is 171 Å². The summed E-state index contributed by atoms with van der Waals surface area (Å²) in [5.41, 5.74) is 7.50. The van der Waals surface area contributed by atoms with Gasteiger partial charge in [-0.05, 0) is 56.5 Å². The van der Waals surface area contributed by atoms with E-state index in [1.165, 1.54) is 4.80 Å². The van der Waals surface area contributed by atoms with E-state index in [1.807, 2.05) is 24.3 Å². The Bertz CT molecular complexity index is 765. The van der Waals surface area contributed by atoms with Crippen molar-refractivity contribution in [2.45, 2.75) is 32.2 Å². The van der Waals surface area contributed by atoms with Crippen molar-refractivity contribution in [1.82, 2.24) is 20.3 Å². The average molecular weight is 410 g/mol. The Kier molecular flexibility index (Phi) is 8.22. The van der Waals surface area contributed by atoms with Gasteiger partial charge in [0.05, 0.1) is 18.0 Å².